The summed E-state index contributed by atoms with van der Waals surface area (Å²) in [7, 11) is 0. The van der Waals surface area contributed by atoms with E-state index in [1.165, 1.54) is 11.1 Å². The maximum Gasteiger partial charge on any atom is 0.138 e. The second-order valence-electron chi connectivity index (χ2n) is 5.07. The van der Waals surface area contributed by atoms with Crippen LogP contribution in [0.4, 0.5) is 0 Å². The minimum absolute atomic E-state index is 0.00894. The van der Waals surface area contributed by atoms with E-state index in [2.05, 4.69) is 41.3 Å². The van der Waals surface area contributed by atoms with Crippen molar-refractivity contribution in [3.8, 4) is 0 Å². The van der Waals surface area contributed by atoms with E-state index >= 15 is 0 Å². The van der Waals surface area contributed by atoms with E-state index in [0.717, 1.165) is 12.2 Å². The van der Waals surface area contributed by atoms with E-state index in [1.54, 1.807) is 12.5 Å². The van der Waals surface area contributed by atoms with Crippen LogP contribution in [-0.4, -0.2) is 19.7 Å². The average Bonchev–Trinajstić information content (AvgIpc) is 2.93. The molecule has 0 aliphatic rings. The molecule has 0 fully saturated rings. The van der Waals surface area contributed by atoms with Crippen LogP contribution in [0.2, 0.25) is 0 Å². The Morgan fingerprint density at radius 3 is 2.85 bits per heavy atom. The molecule has 0 aliphatic heterocycles. The highest BCUT2D eigenvalue weighted by Crippen LogP contribution is 2.21. The first-order chi connectivity index (χ1) is 9.67. The van der Waals surface area contributed by atoms with E-state index in [-0.39, 0.29) is 12.1 Å². The molecular formula is C14H22N6. The van der Waals surface area contributed by atoms with Crippen molar-refractivity contribution in [2.24, 2.45) is 5.84 Å². The summed E-state index contributed by atoms with van der Waals surface area (Å²) in [5.74, 6) is 6.68. The zero-order valence-corrected chi connectivity index (χ0v) is 12.2. The van der Waals surface area contributed by atoms with Crippen LogP contribution in [-0.2, 0) is 12.8 Å². The van der Waals surface area contributed by atoms with Crippen LogP contribution in [0.1, 0.15) is 49.8 Å². The van der Waals surface area contributed by atoms with Crippen molar-refractivity contribution in [2.75, 3.05) is 0 Å². The molecule has 2 aromatic heterocycles. The molecule has 0 aliphatic carbocycles. The van der Waals surface area contributed by atoms with E-state index < -0.39 is 0 Å². The van der Waals surface area contributed by atoms with E-state index in [9.17, 15) is 0 Å². The molecule has 108 valence electrons. The van der Waals surface area contributed by atoms with Gasteiger partial charge in [0.1, 0.15) is 12.2 Å². The summed E-state index contributed by atoms with van der Waals surface area (Å²) in [6, 6.07) is 2.31. The molecule has 0 bridgehead atoms. The molecule has 0 spiro atoms. The predicted molar refractivity (Wildman–Crippen MR) is 77.8 cm³/mol. The van der Waals surface area contributed by atoms with Crippen LogP contribution < -0.4 is 11.3 Å². The first kappa shape index (κ1) is 14.6. The fourth-order valence-electron chi connectivity index (χ4n) is 2.37. The van der Waals surface area contributed by atoms with Crippen molar-refractivity contribution in [1.82, 2.24) is 25.2 Å². The summed E-state index contributed by atoms with van der Waals surface area (Å²) in [6.45, 7) is 6.30. The van der Waals surface area contributed by atoms with Crippen LogP contribution in [0.25, 0.3) is 0 Å². The maximum atomic E-state index is 5.74. The van der Waals surface area contributed by atoms with Gasteiger partial charge in [-0.1, -0.05) is 6.92 Å². The summed E-state index contributed by atoms with van der Waals surface area (Å²) in [5.41, 5.74) is 5.26. The molecule has 2 heterocycles. The molecule has 2 rings (SSSR count). The Bertz CT molecular complexity index is 548. The van der Waals surface area contributed by atoms with Gasteiger partial charge in [0.15, 0.2) is 0 Å². The third kappa shape index (κ3) is 3.02. The van der Waals surface area contributed by atoms with E-state index in [4.69, 9.17) is 5.84 Å². The number of rotatable bonds is 6. The molecule has 6 nitrogen and oxygen atoms in total. The van der Waals surface area contributed by atoms with Crippen molar-refractivity contribution in [1.29, 1.82) is 0 Å². The molecule has 3 N–H and O–H groups in total. The molecule has 0 amide bonds. The number of nitrogens with zero attached hydrogens (tertiary/aromatic N) is 4. The fourth-order valence-corrected chi connectivity index (χ4v) is 2.37. The molecule has 0 aromatic carbocycles. The monoisotopic (exact) mass is 274 g/mol. The highest BCUT2D eigenvalue weighted by molar-refractivity contribution is 5.27. The molecule has 1 atom stereocenters. The maximum absolute atomic E-state index is 5.74. The smallest absolute Gasteiger partial charge is 0.138 e. The summed E-state index contributed by atoms with van der Waals surface area (Å²) in [5, 5.41) is 4.26. The Morgan fingerprint density at radius 1 is 1.40 bits per heavy atom. The van der Waals surface area contributed by atoms with E-state index in [1.807, 2.05) is 16.9 Å². The second kappa shape index (κ2) is 6.58. The first-order valence-corrected chi connectivity index (χ1v) is 6.94. The molecule has 0 radical (unpaired) electrons. The lowest BCUT2D eigenvalue weighted by molar-refractivity contribution is 0.467. The van der Waals surface area contributed by atoms with Gasteiger partial charge < -0.3 is 0 Å². The number of nitrogens with two attached hydrogens (primary N) is 1. The standard InChI is InChI=1S/C14H22N6/c1-4-11-8-16-6-5-12(11)13(19-15)7-14-17-9-18-20(14)10(2)3/h5-6,8-10,13,19H,4,7,15H2,1-3H3. The summed E-state index contributed by atoms with van der Waals surface area (Å²) in [6.07, 6.45) is 6.92. The highest BCUT2D eigenvalue weighted by atomic mass is 15.3. The van der Waals surface area contributed by atoms with E-state index in [0.29, 0.717) is 6.42 Å². The van der Waals surface area contributed by atoms with Crippen molar-refractivity contribution < 1.29 is 0 Å². The van der Waals surface area contributed by atoms with Gasteiger partial charge in [-0.25, -0.2) is 9.67 Å². The van der Waals surface area contributed by atoms with Crippen LogP contribution >= 0.6 is 0 Å². The number of hydrogen-bond acceptors (Lipinski definition) is 5. The summed E-state index contributed by atoms with van der Waals surface area (Å²) in [4.78, 5) is 8.52. The number of hydrazine groups is 1. The molecular weight excluding hydrogens is 252 g/mol. The third-order valence-electron chi connectivity index (χ3n) is 3.42. The zero-order valence-electron chi connectivity index (χ0n) is 12.2. The van der Waals surface area contributed by atoms with Gasteiger partial charge in [0, 0.05) is 24.9 Å². The molecule has 0 saturated heterocycles. The summed E-state index contributed by atoms with van der Waals surface area (Å²) < 4.78 is 1.93. The van der Waals surface area contributed by atoms with Gasteiger partial charge in [-0.2, -0.15) is 5.10 Å². The normalized spacial score (nSPS) is 12.8. The zero-order chi connectivity index (χ0) is 14.5. The van der Waals surface area contributed by atoms with Gasteiger partial charge in [-0.05, 0) is 37.5 Å². The van der Waals surface area contributed by atoms with Gasteiger partial charge in [-0.3, -0.25) is 16.3 Å². The number of pyridine rings is 1. The van der Waals surface area contributed by atoms with Crippen molar-refractivity contribution in [3.63, 3.8) is 0 Å². The molecule has 6 heteroatoms. The Kier molecular flexibility index (Phi) is 4.81. The lowest BCUT2D eigenvalue weighted by atomic mass is 9.98. The lowest BCUT2D eigenvalue weighted by Gasteiger charge is -2.19. The van der Waals surface area contributed by atoms with Crippen molar-refractivity contribution in [2.45, 2.75) is 45.7 Å². The molecule has 20 heavy (non-hydrogen) atoms. The molecule has 2 aromatic rings. The van der Waals surface area contributed by atoms with Crippen LogP contribution in [0.5, 0.6) is 0 Å². The third-order valence-corrected chi connectivity index (χ3v) is 3.42. The van der Waals surface area contributed by atoms with Gasteiger partial charge in [0.2, 0.25) is 0 Å². The number of aromatic nitrogens is 4. The quantitative estimate of drug-likeness (QED) is 0.617. The van der Waals surface area contributed by atoms with Crippen molar-refractivity contribution >= 4 is 0 Å². The van der Waals surface area contributed by atoms with Gasteiger partial charge >= 0.3 is 0 Å². The second-order valence-corrected chi connectivity index (χ2v) is 5.07. The average molecular weight is 274 g/mol. The Morgan fingerprint density at radius 2 is 2.20 bits per heavy atom. The summed E-state index contributed by atoms with van der Waals surface area (Å²) >= 11 is 0. The minimum atomic E-state index is 0.00894. The fraction of sp³-hybridized carbons (Fsp3) is 0.500. The predicted octanol–water partition coefficient (Wildman–Crippen LogP) is 1.56. The van der Waals surface area contributed by atoms with Gasteiger partial charge in [0.25, 0.3) is 0 Å². The number of nitrogens with one attached hydrogen (secondary N) is 1. The molecule has 0 saturated carbocycles. The lowest BCUT2D eigenvalue weighted by Crippen LogP contribution is -2.31. The number of hydrogen-bond donors (Lipinski definition) is 2. The minimum Gasteiger partial charge on any atom is -0.271 e. The van der Waals surface area contributed by atoms with Gasteiger partial charge in [0.05, 0.1) is 6.04 Å². The van der Waals surface area contributed by atoms with Crippen LogP contribution in [0.3, 0.4) is 0 Å². The SMILES string of the molecule is CCc1cnccc1C(Cc1ncnn1C(C)C)NN. The topological polar surface area (TPSA) is 81.7 Å². The number of aryl methyl sites for hydroxylation is 1. The van der Waals surface area contributed by atoms with Crippen molar-refractivity contribution in [3.05, 3.63) is 41.7 Å². The largest absolute Gasteiger partial charge is 0.271 e. The Labute approximate surface area is 119 Å². The van der Waals surface area contributed by atoms with Gasteiger partial charge in [-0.15, -0.1) is 0 Å². The van der Waals surface area contributed by atoms with Crippen LogP contribution in [0.15, 0.2) is 24.8 Å². The Balaban J connectivity index is 2.27. The van der Waals surface area contributed by atoms with Crippen LogP contribution in [0, 0.1) is 0 Å². The molecule has 1 unspecified atom stereocenters. The Hall–Kier alpha value is -1.79. The first-order valence-electron chi connectivity index (χ1n) is 6.94. The highest BCUT2D eigenvalue weighted by Gasteiger charge is 2.18.